The van der Waals surface area contributed by atoms with Gasteiger partial charge in [0.05, 0.1) is 12.7 Å². The number of morpholine rings is 1. The predicted molar refractivity (Wildman–Crippen MR) is 65.5 cm³/mol. The molecule has 2 unspecified atom stereocenters. The van der Waals surface area contributed by atoms with E-state index >= 15 is 0 Å². The number of nitrogens with zero attached hydrogens (tertiary/aromatic N) is 2. The van der Waals surface area contributed by atoms with E-state index in [0.29, 0.717) is 6.10 Å². The van der Waals surface area contributed by atoms with Crippen molar-refractivity contribution in [2.75, 3.05) is 52.9 Å². The fourth-order valence-corrected chi connectivity index (χ4v) is 2.82. The van der Waals surface area contributed by atoms with Crippen molar-refractivity contribution in [3.63, 3.8) is 0 Å². The van der Waals surface area contributed by atoms with Crippen LogP contribution in [0, 0.1) is 5.92 Å². The lowest BCUT2D eigenvalue weighted by atomic mass is 10.1. The van der Waals surface area contributed by atoms with E-state index in [2.05, 4.69) is 16.8 Å². The largest absolute Gasteiger partial charge is 0.374 e. The van der Waals surface area contributed by atoms with Gasteiger partial charge in [0.1, 0.15) is 0 Å². The third-order valence-electron chi connectivity index (χ3n) is 3.75. The molecule has 2 heterocycles. The molecule has 0 aromatic rings. The summed E-state index contributed by atoms with van der Waals surface area (Å²) in [7, 11) is 2.18. The lowest BCUT2D eigenvalue weighted by molar-refractivity contribution is -0.0332. The number of hydrogen-bond donors (Lipinski definition) is 1. The molecule has 16 heavy (non-hydrogen) atoms. The summed E-state index contributed by atoms with van der Waals surface area (Å²) >= 11 is 0. The van der Waals surface area contributed by atoms with Gasteiger partial charge in [-0.2, -0.15) is 0 Å². The Morgan fingerprint density at radius 1 is 1.31 bits per heavy atom. The second kappa shape index (κ2) is 5.96. The van der Waals surface area contributed by atoms with Crippen LogP contribution < -0.4 is 5.73 Å². The third-order valence-corrected chi connectivity index (χ3v) is 3.75. The lowest BCUT2D eigenvalue weighted by Crippen LogP contribution is -2.45. The van der Waals surface area contributed by atoms with E-state index < -0.39 is 0 Å². The van der Waals surface area contributed by atoms with Crippen molar-refractivity contribution in [2.24, 2.45) is 11.7 Å². The number of rotatable bonds is 4. The maximum atomic E-state index is 5.80. The van der Waals surface area contributed by atoms with E-state index in [9.17, 15) is 0 Å². The minimum Gasteiger partial charge on any atom is -0.374 e. The highest BCUT2D eigenvalue weighted by Gasteiger charge is 2.26. The maximum Gasteiger partial charge on any atom is 0.0829 e. The van der Waals surface area contributed by atoms with Gasteiger partial charge in [-0.3, -0.25) is 0 Å². The van der Waals surface area contributed by atoms with Crippen molar-refractivity contribution in [3.8, 4) is 0 Å². The molecule has 0 aliphatic carbocycles. The molecule has 0 amide bonds. The highest BCUT2D eigenvalue weighted by Crippen LogP contribution is 2.19. The molecule has 2 atom stereocenters. The van der Waals surface area contributed by atoms with E-state index in [0.717, 1.165) is 38.7 Å². The second-order valence-corrected chi connectivity index (χ2v) is 5.25. The Labute approximate surface area is 98.7 Å². The minimum absolute atomic E-state index is 0.412. The molecule has 4 heteroatoms. The summed E-state index contributed by atoms with van der Waals surface area (Å²) in [6.07, 6.45) is 2.91. The van der Waals surface area contributed by atoms with Gasteiger partial charge in [-0.25, -0.2) is 0 Å². The molecule has 0 radical (unpaired) electrons. The molecule has 2 saturated heterocycles. The van der Waals surface area contributed by atoms with Crippen molar-refractivity contribution in [3.05, 3.63) is 0 Å². The van der Waals surface area contributed by atoms with Crippen LogP contribution in [0.2, 0.25) is 0 Å². The fourth-order valence-electron chi connectivity index (χ4n) is 2.82. The smallest absolute Gasteiger partial charge is 0.0829 e. The molecule has 0 aromatic carbocycles. The predicted octanol–water partition coefficient (Wildman–Crippen LogP) is -0.0123. The molecule has 2 N–H and O–H groups in total. The Morgan fingerprint density at radius 3 is 2.94 bits per heavy atom. The van der Waals surface area contributed by atoms with E-state index in [1.165, 1.54) is 25.9 Å². The third kappa shape index (κ3) is 3.42. The van der Waals surface area contributed by atoms with Gasteiger partial charge in [0, 0.05) is 26.2 Å². The topological polar surface area (TPSA) is 41.7 Å². The van der Waals surface area contributed by atoms with Gasteiger partial charge in [0.15, 0.2) is 0 Å². The first kappa shape index (κ1) is 12.3. The van der Waals surface area contributed by atoms with Gasteiger partial charge in [-0.05, 0) is 38.9 Å². The summed E-state index contributed by atoms with van der Waals surface area (Å²) in [6, 6.07) is 0. The normalized spacial score (nSPS) is 33.4. The highest BCUT2D eigenvalue weighted by molar-refractivity contribution is 4.80. The van der Waals surface area contributed by atoms with E-state index in [1.807, 2.05) is 0 Å². The molecule has 0 aromatic heterocycles. The summed E-state index contributed by atoms with van der Waals surface area (Å²) in [5.41, 5.74) is 5.61. The molecule has 2 fully saturated rings. The number of likely N-dealkylation sites (N-methyl/N-ethyl adjacent to an activating group) is 1. The number of nitrogens with two attached hydrogens (primary N) is 1. The van der Waals surface area contributed by atoms with Crippen LogP contribution in [-0.4, -0.2) is 68.8 Å². The van der Waals surface area contributed by atoms with E-state index in [4.69, 9.17) is 10.5 Å². The molecule has 0 saturated carbocycles. The summed E-state index contributed by atoms with van der Waals surface area (Å²) in [6.45, 7) is 7.44. The first-order chi connectivity index (χ1) is 7.78. The monoisotopic (exact) mass is 227 g/mol. The number of likely N-dealkylation sites (tertiary alicyclic amines) is 1. The molecule has 0 spiro atoms. The van der Waals surface area contributed by atoms with Gasteiger partial charge >= 0.3 is 0 Å². The van der Waals surface area contributed by atoms with Gasteiger partial charge in [0.25, 0.3) is 0 Å². The van der Waals surface area contributed by atoms with Gasteiger partial charge in [-0.15, -0.1) is 0 Å². The van der Waals surface area contributed by atoms with Crippen LogP contribution in [0.3, 0.4) is 0 Å². The highest BCUT2D eigenvalue weighted by atomic mass is 16.5. The van der Waals surface area contributed by atoms with Crippen LogP contribution in [0.4, 0.5) is 0 Å². The van der Waals surface area contributed by atoms with Crippen molar-refractivity contribution >= 4 is 0 Å². The molecule has 2 aliphatic heterocycles. The number of ether oxygens (including phenoxy) is 1. The zero-order valence-corrected chi connectivity index (χ0v) is 10.4. The molecule has 0 bridgehead atoms. The van der Waals surface area contributed by atoms with Crippen LogP contribution >= 0.6 is 0 Å². The van der Waals surface area contributed by atoms with Crippen molar-refractivity contribution < 1.29 is 4.74 Å². The van der Waals surface area contributed by atoms with Crippen LogP contribution in [0.25, 0.3) is 0 Å². The lowest BCUT2D eigenvalue weighted by Gasteiger charge is -2.32. The van der Waals surface area contributed by atoms with Crippen LogP contribution in [-0.2, 0) is 4.74 Å². The van der Waals surface area contributed by atoms with Gasteiger partial charge in [-0.1, -0.05) is 0 Å². The Bertz CT molecular complexity index is 212. The quantitative estimate of drug-likeness (QED) is 0.733. The fraction of sp³-hybridized carbons (Fsp3) is 1.00. The molecule has 4 nitrogen and oxygen atoms in total. The minimum atomic E-state index is 0.412. The van der Waals surface area contributed by atoms with E-state index in [1.54, 1.807) is 0 Å². The molecule has 94 valence electrons. The number of hydrogen-bond acceptors (Lipinski definition) is 4. The van der Waals surface area contributed by atoms with E-state index in [-0.39, 0.29) is 0 Å². The van der Waals surface area contributed by atoms with Gasteiger partial charge < -0.3 is 20.3 Å². The van der Waals surface area contributed by atoms with Crippen molar-refractivity contribution in [1.82, 2.24) is 9.80 Å². The van der Waals surface area contributed by atoms with Crippen LogP contribution in [0.5, 0.6) is 0 Å². The van der Waals surface area contributed by atoms with Crippen LogP contribution in [0.1, 0.15) is 12.8 Å². The maximum absolute atomic E-state index is 5.80. The molecular weight excluding hydrogens is 202 g/mol. The van der Waals surface area contributed by atoms with Crippen LogP contribution in [0.15, 0.2) is 0 Å². The average Bonchev–Trinajstić information content (AvgIpc) is 2.66. The van der Waals surface area contributed by atoms with Crippen molar-refractivity contribution in [1.29, 1.82) is 0 Å². The first-order valence-corrected chi connectivity index (χ1v) is 6.50. The molecule has 2 rings (SSSR count). The zero-order chi connectivity index (χ0) is 11.4. The Morgan fingerprint density at radius 2 is 2.19 bits per heavy atom. The Hall–Kier alpha value is -0.160. The molecular formula is C12H25N3O. The standard InChI is InChI=1S/C12H25N3O/c1-14-6-7-16-12(9-14)10-15-5-3-11(8-15)2-4-13/h11-12H,2-10,13H2,1H3. The summed E-state index contributed by atoms with van der Waals surface area (Å²) in [4.78, 5) is 4.91. The Kier molecular flexibility index (Phi) is 4.58. The first-order valence-electron chi connectivity index (χ1n) is 6.50. The average molecular weight is 227 g/mol. The Balaban J connectivity index is 1.70. The molecule has 2 aliphatic rings. The SMILES string of the molecule is CN1CCOC(CN2CCC(CCN)C2)C1. The second-order valence-electron chi connectivity index (χ2n) is 5.25. The van der Waals surface area contributed by atoms with Crippen molar-refractivity contribution in [2.45, 2.75) is 18.9 Å². The zero-order valence-electron chi connectivity index (χ0n) is 10.4. The summed E-state index contributed by atoms with van der Waals surface area (Å²) in [5, 5.41) is 0. The summed E-state index contributed by atoms with van der Waals surface area (Å²) in [5.74, 6) is 0.825. The van der Waals surface area contributed by atoms with Gasteiger partial charge in [0.2, 0.25) is 0 Å². The summed E-state index contributed by atoms with van der Waals surface area (Å²) < 4.78 is 5.80.